The highest BCUT2D eigenvalue weighted by atomic mass is 35.5. The number of nitrogens with zero attached hydrogens (tertiary/aromatic N) is 3. The van der Waals surface area contributed by atoms with Gasteiger partial charge in [-0.05, 0) is 54.7 Å². The predicted molar refractivity (Wildman–Crippen MR) is 135 cm³/mol. The van der Waals surface area contributed by atoms with Crippen LogP contribution < -0.4 is 10.2 Å². The molecule has 1 fully saturated rings. The molecule has 0 spiro atoms. The molecule has 3 rings (SSSR count). The molecular weight excluding hydrogens is 452 g/mol. The number of rotatable bonds is 7. The van der Waals surface area contributed by atoms with Gasteiger partial charge in [0.05, 0.1) is 6.42 Å². The van der Waals surface area contributed by atoms with Crippen LogP contribution in [0.3, 0.4) is 0 Å². The Morgan fingerprint density at radius 3 is 2.24 bits per heavy atom. The molecule has 0 aliphatic heterocycles. The van der Waals surface area contributed by atoms with E-state index in [1.807, 2.05) is 24.3 Å². The van der Waals surface area contributed by atoms with Crippen molar-refractivity contribution < 1.29 is 14.7 Å². The lowest BCUT2D eigenvalue weighted by Crippen LogP contribution is -2.31. The Kier molecular flexibility index (Phi) is 8.18. The summed E-state index contributed by atoms with van der Waals surface area (Å²) in [4.78, 5) is 34.5. The minimum atomic E-state index is -0.985. The normalized spacial score (nSPS) is 18.4. The molecule has 2 N–H and O–H groups in total. The second-order valence-electron chi connectivity index (χ2n) is 10.5. The van der Waals surface area contributed by atoms with Gasteiger partial charge in [0.25, 0.3) is 0 Å². The van der Waals surface area contributed by atoms with Crippen molar-refractivity contribution in [3.05, 3.63) is 46.4 Å². The number of aliphatic carboxylic acids is 1. The van der Waals surface area contributed by atoms with Crippen LogP contribution >= 0.6 is 11.6 Å². The summed E-state index contributed by atoms with van der Waals surface area (Å²) in [5.41, 5.74) is 2.44. The van der Waals surface area contributed by atoms with Crippen molar-refractivity contribution in [1.82, 2.24) is 9.97 Å². The molecule has 8 heteroatoms. The van der Waals surface area contributed by atoms with E-state index in [4.69, 9.17) is 16.7 Å². The minimum Gasteiger partial charge on any atom is -0.481 e. The molecule has 7 nitrogen and oxygen atoms in total. The maximum Gasteiger partial charge on any atom is 0.308 e. The number of carbonyl (C=O) groups is 2. The van der Waals surface area contributed by atoms with E-state index in [0.29, 0.717) is 35.0 Å². The number of hydrogen-bond donors (Lipinski definition) is 2. The van der Waals surface area contributed by atoms with Crippen molar-refractivity contribution in [2.45, 2.75) is 59.3 Å². The summed E-state index contributed by atoms with van der Waals surface area (Å²) < 4.78 is 0. The first-order chi connectivity index (χ1) is 15.9. The van der Waals surface area contributed by atoms with Gasteiger partial charge in [-0.2, -0.15) is 0 Å². The lowest BCUT2D eigenvalue weighted by atomic mass is 9.69. The van der Waals surface area contributed by atoms with E-state index < -0.39 is 5.97 Å². The van der Waals surface area contributed by atoms with E-state index in [1.54, 1.807) is 19.0 Å². The first kappa shape index (κ1) is 25.9. The Morgan fingerprint density at radius 2 is 1.71 bits per heavy atom. The zero-order chi connectivity index (χ0) is 25.0. The van der Waals surface area contributed by atoms with Gasteiger partial charge in [0.15, 0.2) is 0 Å². The van der Waals surface area contributed by atoms with Crippen molar-refractivity contribution >= 4 is 35.0 Å². The first-order valence-electron chi connectivity index (χ1n) is 11.8. The largest absolute Gasteiger partial charge is 0.481 e. The van der Waals surface area contributed by atoms with Crippen molar-refractivity contribution in [2.24, 2.45) is 17.3 Å². The molecule has 1 heterocycles. The summed E-state index contributed by atoms with van der Waals surface area (Å²) in [7, 11) is 3.59. The molecule has 1 aromatic carbocycles. The van der Waals surface area contributed by atoms with Gasteiger partial charge in [0, 0.05) is 37.7 Å². The third kappa shape index (κ3) is 6.69. The van der Waals surface area contributed by atoms with E-state index in [9.17, 15) is 9.59 Å². The van der Waals surface area contributed by atoms with E-state index in [1.165, 1.54) is 0 Å². The van der Waals surface area contributed by atoms with Crippen molar-refractivity contribution in [3.8, 4) is 0 Å². The lowest BCUT2D eigenvalue weighted by Gasteiger charge is -2.36. The van der Waals surface area contributed by atoms with Gasteiger partial charge in [-0.3, -0.25) is 9.59 Å². The Bertz CT molecular complexity index is 1020. The number of hydrogen-bond acceptors (Lipinski definition) is 5. The van der Waals surface area contributed by atoms with Crippen LogP contribution in [0.15, 0.2) is 24.3 Å². The van der Waals surface area contributed by atoms with Crippen LogP contribution in [-0.2, 0) is 22.4 Å². The SMILES string of the molecule is CN(C)c1nc(Cc2ccc(NC(=O)C3CCC(C(C)(C)C)CC3)cc2)nc(Cl)c1CC(=O)O. The van der Waals surface area contributed by atoms with Crippen molar-refractivity contribution in [1.29, 1.82) is 0 Å². The predicted octanol–water partition coefficient (Wildman–Crippen LogP) is 5.20. The van der Waals surface area contributed by atoms with Gasteiger partial charge < -0.3 is 15.3 Å². The van der Waals surface area contributed by atoms with Gasteiger partial charge in [-0.15, -0.1) is 0 Å². The summed E-state index contributed by atoms with van der Waals surface area (Å²) in [6, 6.07) is 7.65. The lowest BCUT2D eigenvalue weighted by molar-refractivity contribution is -0.136. The molecule has 0 radical (unpaired) electrons. The Hall–Kier alpha value is -2.67. The van der Waals surface area contributed by atoms with Gasteiger partial charge >= 0.3 is 5.97 Å². The van der Waals surface area contributed by atoms with E-state index >= 15 is 0 Å². The van der Waals surface area contributed by atoms with Crippen LogP contribution in [0, 0.1) is 17.3 Å². The van der Waals surface area contributed by atoms with Crippen LogP contribution in [0.1, 0.15) is 63.4 Å². The molecule has 34 heavy (non-hydrogen) atoms. The Balaban J connectivity index is 1.63. The molecule has 184 valence electrons. The molecule has 1 aliphatic carbocycles. The number of halogens is 1. The highest BCUT2D eigenvalue weighted by molar-refractivity contribution is 6.30. The van der Waals surface area contributed by atoms with E-state index in [-0.39, 0.29) is 23.4 Å². The zero-order valence-electron chi connectivity index (χ0n) is 20.7. The molecule has 1 aliphatic rings. The summed E-state index contributed by atoms with van der Waals surface area (Å²) in [6.07, 6.45) is 4.29. The first-order valence-corrected chi connectivity index (χ1v) is 12.2. The number of carboxylic acids is 1. The third-order valence-corrected chi connectivity index (χ3v) is 6.95. The zero-order valence-corrected chi connectivity index (χ0v) is 21.4. The van der Waals surface area contributed by atoms with Crippen LogP contribution in [0.2, 0.25) is 5.15 Å². The van der Waals surface area contributed by atoms with Gasteiger partial charge in [-0.1, -0.05) is 44.5 Å². The number of carboxylic acid groups (broad SMARTS) is 1. The number of aromatic nitrogens is 2. The second-order valence-corrected chi connectivity index (χ2v) is 10.8. The fraction of sp³-hybridized carbons (Fsp3) is 0.538. The highest BCUT2D eigenvalue weighted by Crippen LogP contribution is 2.40. The fourth-order valence-corrected chi connectivity index (χ4v) is 4.84. The third-order valence-electron chi connectivity index (χ3n) is 6.64. The van der Waals surface area contributed by atoms with Gasteiger partial charge in [-0.25, -0.2) is 9.97 Å². The second kappa shape index (κ2) is 10.7. The molecular formula is C26H35ClN4O3. The summed E-state index contributed by atoms with van der Waals surface area (Å²) >= 11 is 6.29. The number of carbonyl (C=O) groups excluding carboxylic acids is 1. The van der Waals surface area contributed by atoms with Crippen LogP contribution in [-0.4, -0.2) is 41.0 Å². The Labute approximate surface area is 206 Å². The van der Waals surface area contributed by atoms with E-state index in [2.05, 4.69) is 36.1 Å². The molecule has 1 amide bonds. The maximum absolute atomic E-state index is 12.8. The fourth-order valence-electron chi connectivity index (χ4n) is 4.59. The number of nitrogens with one attached hydrogen (secondary N) is 1. The molecule has 0 unspecified atom stereocenters. The van der Waals surface area contributed by atoms with Crippen LogP contribution in [0.4, 0.5) is 11.5 Å². The molecule has 2 aromatic rings. The summed E-state index contributed by atoms with van der Waals surface area (Å²) in [5.74, 6) is 0.874. The smallest absolute Gasteiger partial charge is 0.308 e. The average molecular weight is 487 g/mol. The van der Waals surface area contributed by atoms with Gasteiger partial charge in [0.1, 0.15) is 16.8 Å². The summed E-state index contributed by atoms with van der Waals surface area (Å²) in [5, 5.41) is 12.4. The minimum absolute atomic E-state index is 0.0718. The monoisotopic (exact) mass is 486 g/mol. The van der Waals surface area contributed by atoms with Crippen molar-refractivity contribution in [2.75, 3.05) is 24.3 Å². The standard InChI is InChI=1S/C26H35ClN4O3/c1-26(2,3)18-10-8-17(9-11-18)25(34)28-19-12-6-16(7-13-19)14-21-29-23(27)20(15-22(32)33)24(30-21)31(4)5/h6-7,12-13,17-18H,8-11,14-15H2,1-5H3,(H,28,34)(H,32,33). The molecule has 1 aromatic heterocycles. The highest BCUT2D eigenvalue weighted by Gasteiger charge is 2.32. The Morgan fingerprint density at radius 1 is 1.09 bits per heavy atom. The molecule has 0 saturated heterocycles. The van der Waals surface area contributed by atoms with Gasteiger partial charge in [0.2, 0.25) is 5.91 Å². The average Bonchev–Trinajstić information content (AvgIpc) is 2.76. The molecule has 1 saturated carbocycles. The van der Waals surface area contributed by atoms with Crippen LogP contribution in [0.25, 0.3) is 0 Å². The number of benzene rings is 1. The summed E-state index contributed by atoms with van der Waals surface area (Å²) in [6.45, 7) is 6.85. The molecule has 0 bridgehead atoms. The number of anilines is 2. The van der Waals surface area contributed by atoms with Crippen LogP contribution in [0.5, 0.6) is 0 Å². The van der Waals surface area contributed by atoms with E-state index in [0.717, 1.165) is 36.9 Å². The molecule has 0 atom stereocenters. The maximum atomic E-state index is 12.8. The quantitative estimate of drug-likeness (QED) is 0.522. The van der Waals surface area contributed by atoms with Crippen molar-refractivity contribution in [3.63, 3.8) is 0 Å². The number of amides is 1. The topological polar surface area (TPSA) is 95.4 Å².